The van der Waals surface area contributed by atoms with Gasteiger partial charge in [-0.3, -0.25) is 9.59 Å². The molecule has 0 aliphatic carbocycles. The van der Waals surface area contributed by atoms with Gasteiger partial charge in [-0.15, -0.1) is 0 Å². The fourth-order valence-electron chi connectivity index (χ4n) is 1.70. The van der Waals surface area contributed by atoms with Crippen LogP contribution in [-0.2, 0) is 9.59 Å². The first-order valence-corrected chi connectivity index (χ1v) is 6.23. The van der Waals surface area contributed by atoms with Gasteiger partial charge in [-0.25, -0.2) is 0 Å². The molecule has 0 aliphatic rings. The first-order chi connectivity index (χ1) is 8.87. The van der Waals surface area contributed by atoms with Gasteiger partial charge in [-0.05, 0) is 25.2 Å². The van der Waals surface area contributed by atoms with E-state index >= 15 is 0 Å². The normalized spacial score (nSPS) is 16.6. The lowest BCUT2D eigenvalue weighted by atomic mass is 9.93. The van der Waals surface area contributed by atoms with Gasteiger partial charge in [-0.1, -0.05) is 13.8 Å². The lowest BCUT2D eigenvalue weighted by molar-refractivity contribution is -0.187. The predicted octanol–water partition coefficient (Wildman–Crippen LogP) is 1.52. The third-order valence-electron chi connectivity index (χ3n) is 2.88. The molecule has 8 heteroatoms. The van der Waals surface area contributed by atoms with Gasteiger partial charge in [0.25, 0.3) is 0 Å². The number of hydrogen-bond donors (Lipinski definition) is 3. The summed E-state index contributed by atoms with van der Waals surface area (Å²) in [7, 11) is 0. The van der Waals surface area contributed by atoms with Crippen LogP contribution >= 0.6 is 0 Å². The molecule has 0 aromatic rings. The monoisotopic (exact) mass is 298 g/mol. The van der Waals surface area contributed by atoms with E-state index < -0.39 is 29.5 Å². The van der Waals surface area contributed by atoms with Crippen molar-refractivity contribution in [2.75, 3.05) is 6.54 Å². The number of hydrogen-bond acceptors (Lipinski definition) is 3. The molecular formula is C12H21F3N2O3. The molecule has 20 heavy (non-hydrogen) atoms. The average Bonchev–Trinajstić information content (AvgIpc) is 2.21. The molecule has 4 N–H and O–H groups in total. The maximum absolute atomic E-state index is 12.5. The van der Waals surface area contributed by atoms with Crippen LogP contribution in [0.4, 0.5) is 13.2 Å². The maximum Gasteiger partial charge on any atom is 0.415 e. The van der Waals surface area contributed by atoms with Crippen LogP contribution in [0.25, 0.3) is 0 Å². The van der Waals surface area contributed by atoms with Crippen molar-refractivity contribution in [3.8, 4) is 0 Å². The van der Waals surface area contributed by atoms with Crippen LogP contribution in [0.3, 0.4) is 0 Å². The van der Waals surface area contributed by atoms with E-state index in [9.17, 15) is 22.8 Å². The zero-order valence-electron chi connectivity index (χ0n) is 11.8. The third-order valence-corrected chi connectivity index (χ3v) is 2.88. The number of alkyl halides is 3. The second kappa shape index (κ2) is 6.92. The van der Waals surface area contributed by atoms with Gasteiger partial charge in [0, 0.05) is 13.0 Å². The summed E-state index contributed by atoms with van der Waals surface area (Å²) in [6, 6.07) is 0. The van der Waals surface area contributed by atoms with Gasteiger partial charge in [-0.2, -0.15) is 13.2 Å². The number of carbonyl (C=O) groups excluding carboxylic acids is 1. The molecule has 0 radical (unpaired) electrons. The Morgan fingerprint density at radius 1 is 1.30 bits per heavy atom. The highest BCUT2D eigenvalue weighted by molar-refractivity contribution is 5.86. The molecule has 0 fully saturated rings. The summed E-state index contributed by atoms with van der Waals surface area (Å²) in [5, 5.41) is 10.8. The third kappa shape index (κ3) is 5.77. The molecule has 0 bridgehead atoms. The van der Waals surface area contributed by atoms with Gasteiger partial charge in [0.05, 0.1) is 0 Å². The molecule has 5 nitrogen and oxygen atoms in total. The van der Waals surface area contributed by atoms with Gasteiger partial charge in [0.1, 0.15) is 0 Å². The molecule has 0 spiro atoms. The van der Waals surface area contributed by atoms with Gasteiger partial charge < -0.3 is 16.2 Å². The summed E-state index contributed by atoms with van der Waals surface area (Å²) < 4.78 is 37.6. The van der Waals surface area contributed by atoms with Crippen LogP contribution in [0.5, 0.6) is 0 Å². The second-order valence-corrected chi connectivity index (χ2v) is 5.50. The Balaban J connectivity index is 4.62. The molecule has 0 aliphatic heterocycles. The van der Waals surface area contributed by atoms with Gasteiger partial charge in [0.15, 0.2) is 5.54 Å². The van der Waals surface area contributed by atoms with Crippen molar-refractivity contribution in [1.82, 2.24) is 5.32 Å². The van der Waals surface area contributed by atoms with E-state index in [0.29, 0.717) is 13.3 Å². The molecule has 0 aromatic carbocycles. The standard InChI is InChI=1S/C12H21F3N2O3/c1-7(2)4-8(5-9(18)19)6-17-10(20)11(3,16)12(13,14)15/h7-8H,4-6,16H2,1-3H3,(H,17,20)(H,18,19)/t8-,11?/m0/s1. The first kappa shape index (κ1) is 18.7. The Bertz CT molecular complexity index is 354. The van der Waals surface area contributed by atoms with E-state index in [4.69, 9.17) is 10.8 Å². The molecule has 118 valence electrons. The molecule has 2 atom stereocenters. The van der Waals surface area contributed by atoms with E-state index in [1.165, 1.54) is 0 Å². The van der Waals surface area contributed by atoms with Crippen LogP contribution in [0, 0.1) is 11.8 Å². The van der Waals surface area contributed by atoms with E-state index in [1.807, 2.05) is 13.8 Å². The second-order valence-electron chi connectivity index (χ2n) is 5.50. The SMILES string of the molecule is CC(C)C[C@H](CNC(=O)C(C)(N)C(F)(F)F)CC(=O)O. The van der Waals surface area contributed by atoms with E-state index in [2.05, 4.69) is 5.32 Å². The minimum Gasteiger partial charge on any atom is -0.481 e. The fraction of sp³-hybridized carbons (Fsp3) is 0.833. The zero-order valence-corrected chi connectivity index (χ0v) is 11.8. The number of halogens is 3. The Morgan fingerprint density at radius 2 is 1.80 bits per heavy atom. The summed E-state index contributed by atoms with van der Waals surface area (Å²) in [5.74, 6) is -2.68. The topological polar surface area (TPSA) is 92.4 Å². The molecule has 0 heterocycles. The number of nitrogens with one attached hydrogen (secondary N) is 1. The molecule has 1 unspecified atom stereocenters. The maximum atomic E-state index is 12.5. The van der Waals surface area contributed by atoms with E-state index in [-0.39, 0.29) is 18.9 Å². The summed E-state index contributed by atoms with van der Waals surface area (Å²) >= 11 is 0. The number of aliphatic carboxylic acids is 1. The Kier molecular flexibility index (Phi) is 6.46. The van der Waals surface area contributed by atoms with Crippen LogP contribution in [0.1, 0.15) is 33.6 Å². The van der Waals surface area contributed by atoms with Crippen molar-refractivity contribution in [1.29, 1.82) is 0 Å². The van der Waals surface area contributed by atoms with Crippen LogP contribution in [0.2, 0.25) is 0 Å². The van der Waals surface area contributed by atoms with Crippen LogP contribution in [-0.4, -0.2) is 35.2 Å². The predicted molar refractivity (Wildman–Crippen MR) is 66.9 cm³/mol. The van der Waals surface area contributed by atoms with Crippen molar-refractivity contribution in [3.63, 3.8) is 0 Å². The van der Waals surface area contributed by atoms with Crippen LogP contribution < -0.4 is 11.1 Å². The molecule has 1 amide bonds. The van der Waals surface area contributed by atoms with Gasteiger partial charge in [0.2, 0.25) is 5.91 Å². The largest absolute Gasteiger partial charge is 0.481 e. The summed E-state index contributed by atoms with van der Waals surface area (Å²) in [6.45, 7) is 4.15. The highest BCUT2D eigenvalue weighted by atomic mass is 19.4. The molecule has 0 rings (SSSR count). The molecular weight excluding hydrogens is 277 g/mol. The molecule has 0 aromatic heterocycles. The minimum absolute atomic E-state index is 0.147. The number of carboxylic acid groups (broad SMARTS) is 1. The summed E-state index contributed by atoms with van der Waals surface area (Å²) in [5.41, 5.74) is 1.99. The van der Waals surface area contributed by atoms with Crippen molar-refractivity contribution < 1.29 is 27.9 Å². The van der Waals surface area contributed by atoms with E-state index in [1.54, 1.807) is 0 Å². The van der Waals surface area contributed by atoms with E-state index in [0.717, 1.165) is 0 Å². The smallest absolute Gasteiger partial charge is 0.415 e. The van der Waals surface area contributed by atoms with Crippen molar-refractivity contribution in [2.24, 2.45) is 17.6 Å². The number of rotatable bonds is 7. The van der Waals surface area contributed by atoms with Gasteiger partial charge >= 0.3 is 12.1 Å². The zero-order chi connectivity index (χ0) is 16.1. The molecule has 0 saturated heterocycles. The lowest BCUT2D eigenvalue weighted by Crippen LogP contribution is -2.61. The quantitative estimate of drug-likeness (QED) is 0.664. The average molecular weight is 298 g/mol. The number of carboxylic acids is 1. The van der Waals surface area contributed by atoms with Crippen LogP contribution in [0.15, 0.2) is 0 Å². The van der Waals surface area contributed by atoms with Crippen molar-refractivity contribution in [3.05, 3.63) is 0 Å². The molecule has 0 saturated carbocycles. The summed E-state index contributed by atoms with van der Waals surface area (Å²) in [4.78, 5) is 22.2. The highest BCUT2D eigenvalue weighted by Crippen LogP contribution is 2.28. The lowest BCUT2D eigenvalue weighted by Gasteiger charge is -2.27. The van der Waals surface area contributed by atoms with Crippen molar-refractivity contribution >= 4 is 11.9 Å². The summed E-state index contributed by atoms with van der Waals surface area (Å²) in [6.07, 6.45) is -4.59. The fourth-order valence-corrected chi connectivity index (χ4v) is 1.70. The Labute approximate surface area is 115 Å². The van der Waals surface area contributed by atoms with Crippen molar-refractivity contribution in [2.45, 2.75) is 45.3 Å². The highest BCUT2D eigenvalue weighted by Gasteiger charge is 2.53. The Morgan fingerprint density at radius 3 is 2.15 bits per heavy atom. The minimum atomic E-state index is -4.86. The Hall–Kier alpha value is -1.31. The first-order valence-electron chi connectivity index (χ1n) is 6.23. The number of nitrogens with two attached hydrogens (primary N) is 1. The number of amides is 1. The number of carbonyl (C=O) groups is 2.